The number of morpholine rings is 1. The summed E-state index contributed by atoms with van der Waals surface area (Å²) in [5, 5.41) is 12.1. The molecule has 2 N–H and O–H groups in total. The Morgan fingerprint density at radius 1 is 1.03 bits per heavy atom. The number of carbonyl (C=O) groups is 3. The van der Waals surface area contributed by atoms with Crippen molar-refractivity contribution in [3.8, 4) is 11.1 Å². The van der Waals surface area contributed by atoms with Gasteiger partial charge in [0.2, 0.25) is 5.91 Å². The Hall–Kier alpha value is -3.39. The highest BCUT2D eigenvalue weighted by atomic mass is 16.5. The van der Waals surface area contributed by atoms with Crippen LogP contribution in [0.25, 0.3) is 11.1 Å². The van der Waals surface area contributed by atoms with Gasteiger partial charge in [0.05, 0.1) is 13.2 Å². The quantitative estimate of drug-likeness (QED) is 0.659. The third kappa shape index (κ3) is 5.03. The van der Waals surface area contributed by atoms with Gasteiger partial charge in [0.1, 0.15) is 6.61 Å². The SMILES string of the molecule is O=C(N[C@@H]1CC[C@H](CC(=O)N2CCOC(C(=O)O)C2)C1)OCC1c2ccccc2-c2ccccc21. The molecule has 184 valence electrons. The lowest BCUT2D eigenvalue weighted by Crippen LogP contribution is -2.48. The summed E-state index contributed by atoms with van der Waals surface area (Å²) < 4.78 is 10.8. The summed E-state index contributed by atoms with van der Waals surface area (Å²) in [5.74, 6) is -0.917. The summed E-state index contributed by atoms with van der Waals surface area (Å²) in [6, 6.07) is 16.4. The summed E-state index contributed by atoms with van der Waals surface area (Å²) in [7, 11) is 0. The maximum Gasteiger partial charge on any atom is 0.407 e. The number of rotatable bonds is 6. The van der Waals surface area contributed by atoms with E-state index >= 15 is 0 Å². The van der Waals surface area contributed by atoms with E-state index in [4.69, 9.17) is 14.6 Å². The lowest BCUT2D eigenvalue weighted by atomic mass is 9.98. The summed E-state index contributed by atoms with van der Waals surface area (Å²) in [6.07, 6.45) is 1.31. The van der Waals surface area contributed by atoms with Crippen molar-refractivity contribution in [2.75, 3.05) is 26.3 Å². The van der Waals surface area contributed by atoms with Crippen molar-refractivity contribution < 1.29 is 29.0 Å². The van der Waals surface area contributed by atoms with E-state index in [1.807, 2.05) is 24.3 Å². The highest BCUT2D eigenvalue weighted by Crippen LogP contribution is 2.44. The molecule has 2 aliphatic carbocycles. The highest BCUT2D eigenvalue weighted by molar-refractivity contribution is 5.80. The molecule has 2 aromatic rings. The van der Waals surface area contributed by atoms with Gasteiger partial charge >= 0.3 is 12.1 Å². The average molecular weight is 479 g/mol. The Bertz CT molecular complexity index is 1070. The molecule has 3 atom stereocenters. The summed E-state index contributed by atoms with van der Waals surface area (Å²) >= 11 is 0. The van der Waals surface area contributed by atoms with Crippen LogP contribution in [-0.2, 0) is 19.1 Å². The van der Waals surface area contributed by atoms with Crippen molar-refractivity contribution >= 4 is 18.0 Å². The number of hydrogen-bond donors (Lipinski definition) is 2. The van der Waals surface area contributed by atoms with Crippen LogP contribution in [0.2, 0.25) is 0 Å². The van der Waals surface area contributed by atoms with E-state index in [0.29, 0.717) is 19.4 Å². The van der Waals surface area contributed by atoms with E-state index in [-0.39, 0.29) is 43.5 Å². The fourth-order valence-corrected chi connectivity index (χ4v) is 5.60. The predicted molar refractivity (Wildman–Crippen MR) is 128 cm³/mol. The van der Waals surface area contributed by atoms with Crippen molar-refractivity contribution in [2.24, 2.45) is 5.92 Å². The second-order valence-electron chi connectivity index (χ2n) is 9.59. The molecule has 0 spiro atoms. The molecular formula is C27H30N2O6. The lowest BCUT2D eigenvalue weighted by molar-refractivity contribution is -0.159. The average Bonchev–Trinajstić information content (AvgIpc) is 3.44. The molecule has 2 aromatic carbocycles. The van der Waals surface area contributed by atoms with Gasteiger partial charge in [-0.25, -0.2) is 9.59 Å². The molecule has 0 bridgehead atoms. The monoisotopic (exact) mass is 478 g/mol. The first-order chi connectivity index (χ1) is 17.0. The molecule has 2 fully saturated rings. The standard InChI is InChI=1S/C27H30N2O6/c30-25(29-11-12-34-24(15-29)26(31)32)14-17-9-10-18(13-17)28-27(33)35-16-23-21-7-3-1-5-19(21)20-6-2-4-8-22(20)23/h1-8,17-18,23-24H,9-16H2,(H,28,33)(H,31,32)/t17-,18+,24?/m0/s1. The van der Waals surface area contributed by atoms with Gasteiger partial charge in [-0.05, 0) is 47.4 Å². The van der Waals surface area contributed by atoms with Crippen LogP contribution in [0.1, 0.15) is 42.7 Å². The zero-order chi connectivity index (χ0) is 24.4. The molecular weight excluding hydrogens is 448 g/mol. The number of nitrogens with one attached hydrogen (secondary N) is 1. The van der Waals surface area contributed by atoms with E-state index in [1.165, 1.54) is 22.3 Å². The highest BCUT2D eigenvalue weighted by Gasteiger charge is 2.33. The number of carboxylic acid groups (broad SMARTS) is 1. The number of benzene rings is 2. The van der Waals surface area contributed by atoms with E-state index in [2.05, 4.69) is 29.6 Å². The van der Waals surface area contributed by atoms with Gasteiger partial charge in [0, 0.05) is 24.9 Å². The first-order valence-electron chi connectivity index (χ1n) is 12.2. The number of hydrogen-bond acceptors (Lipinski definition) is 5. The smallest absolute Gasteiger partial charge is 0.407 e. The van der Waals surface area contributed by atoms with Gasteiger partial charge in [-0.2, -0.15) is 0 Å². The number of carboxylic acids is 1. The van der Waals surface area contributed by atoms with Crippen LogP contribution in [0.5, 0.6) is 0 Å². The van der Waals surface area contributed by atoms with E-state index in [1.54, 1.807) is 4.90 Å². The van der Waals surface area contributed by atoms with Crippen LogP contribution in [0.4, 0.5) is 4.79 Å². The molecule has 1 unspecified atom stereocenters. The number of aliphatic carboxylic acids is 1. The van der Waals surface area contributed by atoms with Crippen LogP contribution in [0.15, 0.2) is 48.5 Å². The number of ether oxygens (including phenoxy) is 2. The molecule has 0 aromatic heterocycles. The van der Waals surface area contributed by atoms with Crippen LogP contribution >= 0.6 is 0 Å². The molecule has 2 amide bonds. The Morgan fingerprint density at radius 3 is 2.40 bits per heavy atom. The Kier molecular flexibility index (Phi) is 6.72. The third-order valence-electron chi connectivity index (χ3n) is 7.36. The van der Waals surface area contributed by atoms with Crippen molar-refractivity contribution in [3.63, 3.8) is 0 Å². The number of carbonyl (C=O) groups excluding carboxylic acids is 2. The molecule has 3 aliphatic rings. The van der Waals surface area contributed by atoms with Crippen molar-refractivity contribution in [3.05, 3.63) is 59.7 Å². The molecule has 1 saturated carbocycles. The molecule has 1 heterocycles. The molecule has 8 heteroatoms. The molecule has 8 nitrogen and oxygen atoms in total. The topological polar surface area (TPSA) is 105 Å². The Balaban J connectivity index is 1.10. The van der Waals surface area contributed by atoms with Gasteiger partial charge in [0.15, 0.2) is 6.10 Å². The zero-order valence-electron chi connectivity index (χ0n) is 19.5. The molecule has 5 rings (SSSR count). The van der Waals surface area contributed by atoms with Crippen LogP contribution in [0.3, 0.4) is 0 Å². The summed E-state index contributed by atoms with van der Waals surface area (Å²) in [5.41, 5.74) is 4.73. The third-order valence-corrected chi connectivity index (χ3v) is 7.36. The lowest BCUT2D eigenvalue weighted by Gasteiger charge is -2.31. The van der Waals surface area contributed by atoms with Crippen LogP contribution in [-0.4, -0.2) is 66.4 Å². The van der Waals surface area contributed by atoms with Gasteiger partial charge in [0.25, 0.3) is 0 Å². The maximum absolute atomic E-state index is 12.7. The van der Waals surface area contributed by atoms with E-state index < -0.39 is 18.2 Å². The minimum atomic E-state index is -1.05. The van der Waals surface area contributed by atoms with Gasteiger partial charge in [-0.1, -0.05) is 48.5 Å². The van der Waals surface area contributed by atoms with Gasteiger partial charge < -0.3 is 24.8 Å². The fraction of sp³-hybridized carbons (Fsp3) is 0.444. The van der Waals surface area contributed by atoms with Gasteiger partial charge in [-0.3, -0.25) is 4.79 Å². The number of alkyl carbamates (subject to hydrolysis) is 1. The summed E-state index contributed by atoms with van der Waals surface area (Å²) in [4.78, 5) is 38.0. The molecule has 0 radical (unpaired) electrons. The maximum atomic E-state index is 12.7. The second kappa shape index (κ2) is 10.1. The number of nitrogens with zero attached hydrogens (tertiary/aromatic N) is 1. The van der Waals surface area contributed by atoms with Crippen molar-refractivity contribution in [2.45, 2.75) is 43.7 Å². The van der Waals surface area contributed by atoms with Crippen LogP contribution in [0, 0.1) is 5.92 Å². The van der Waals surface area contributed by atoms with E-state index in [0.717, 1.165) is 12.8 Å². The van der Waals surface area contributed by atoms with Gasteiger partial charge in [-0.15, -0.1) is 0 Å². The Labute approximate surface area is 204 Å². The van der Waals surface area contributed by atoms with Crippen molar-refractivity contribution in [1.29, 1.82) is 0 Å². The molecule has 1 saturated heterocycles. The minimum absolute atomic E-state index is 0.0187. The van der Waals surface area contributed by atoms with E-state index in [9.17, 15) is 14.4 Å². The summed E-state index contributed by atoms with van der Waals surface area (Å²) in [6.45, 7) is 1.01. The number of fused-ring (bicyclic) bond motifs is 3. The first-order valence-corrected chi connectivity index (χ1v) is 12.2. The molecule has 1 aliphatic heterocycles. The van der Waals surface area contributed by atoms with Crippen LogP contribution < -0.4 is 5.32 Å². The van der Waals surface area contributed by atoms with Crippen molar-refractivity contribution in [1.82, 2.24) is 10.2 Å². The minimum Gasteiger partial charge on any atom is -0.479 e. The fourth-order valence-electron chi connectivity index (χ4n) is 5.60. The first kappa shape index (κ1) is 23.4. The number of amides is 2. The predicted octanol–water partition coefficient (Wildman–Crippen LogP) is 3.40. The largest absolute Gasteiger partial charge is 0.479 e. The zero-order valence-corrected chi connectivity index (χ0v) is 19.5. The molecule has 35 heavy (non-hydrogen) atoms. The Morgan fingerprint density at radius 2 is 1.71 bits per heavy atom. The second-order valence-corrected chi connectivity index (χ2v) is 9.59. The normalized spacial score (nSPS) is 23.4.